The van der Waals surface area contributed by atoms with Gasteiger partial charge in [-0.3, -0.25) is 9.19 Å². The van der Waals surface area contributed by atoms with E-state index in [9.17, 15) is 4.21 Å². The molecule has 0 fully saturated rings. The van der Waals surface area contributed by atoms with Gasteiger partial charge in [-0.2, -0.15) is 0 Å². The van der Waals surface area contributed by atoms with Crippen LogP contribution in [0, 0.1) is 20.8 Å². The van der Waals surface area contributed by atoms with Gasteiger partial charge >= 0.3 is 0 Å². The van der Waals surface area contributed by atoms with E-state index in [1.807, 2.05) is 39.0 Å². The third-order valence-electron chi connectivity index (χ3n) is 3.59. The van der Waals surface area contributed by atoms with E-state index in [2.05, 4.69) is 4.98 Å². The quantitative estimate of drug-likeness (QED) is 0.882. The molecule has 1 atom stereocenters. The van der Waals surface area contributed by atoms with Gasteiger partial charge in [0, 0.05) is 27.9 Å². The van der Waals surface area contributed by atoms with Gasteiger partial charge in [0.25, 0.3) is 0 Å². The molecule has 21 heavy (non-hydrogen) atoms. The van der Waals surface area contributed by atoms with Crippen molar-refractivity contribution in [1.29, 1.82) is 0 Å². The van der Waals surface area contributed by atoms with Crippen molar-refractivity contribution in [3.8, 4) is 5.75 Å². The van der Waals surface area contributed by atoms with Crippen LogP contribution in [0.3, 0.4) is 0 Å². The zero-order valence-corrected chi connectivity index (χ0v) is 13.6. The minimum atomic E-state index is -1.18. The number of aryl methyl sites for hydroxylation is 1. The second kappa shape index (κ2) is 6.26. The van der Waals surface area contributed by atoms with Gasteiger partial charge in [0.15, 0.2) is 0 Å². The molecule has 0 radical (unpaired) electrons. The molecular weight excluding hydrogens is 284 g/mol. The van der Waals surface area contributed by atoms with Crippen molar-refractivity contribution in [1.82, 2.24) is 4.98 Å². The number of methoxy groups -OCH3 is 1. The summed E-state index contributed by atoms with van der Waals surface area (Å²) in [5, 5.41) is 0. The average Bonchev–Trinajstić information content (AvgIpc) is 2.45. The van der Waals surface area contributed by atoms with Crippen LogP contribution in [0.1, 0.15) is 22.4 Å². The molecule has 4 nitrogen and oxygen atoms in total. The minimum Gasteiger partial charge on any atom is -0.496 e. The summed E-state index contributed by atoms with van der Waals surface area (Å²) in [5.74, 6) is 1.16. The van der Waals surface area contributed by atoms with Crippen LogP contribution >= 0.6 is 0 Å². The van der Waals surface area contributed by atoms with Crippen molar-refractivity contribution < 1.29 is 8.95 Å². The van der Waals surface area contributed by atoms with Crippen LogP contribution in [-0.2, 0) is 16.6 Å². The molecule has 2 aromatic rings. The smallest absolute Gasteiger partial charge is 0.128 e. The lowest BCUT2D eigenvalue weighted by Gasteiger charge is -2.13. The molecule has 2 rings (SSSR count). The number of hydrogen-bond donors (Lipinski definition) is 1. The fourth-order valence-electron chi connectivity index (χ4n) is 2.30. The zero-order valence-electron chi connectivity index (χ0n) is 12.8. The molecule has 1 aromatic carbocycles. The molecule has 1 heterocycles. The first-order chi connectivity index (χ1) is 9.95. The van der Waals surface area contributed by atoms with Crippen LogP contribution in [0.5, 0.6) is 5.75 Å². The summed E-state index contributed by atoms with van der Waals surface area (Å²) in [6, 6.07) is 5.49. The van der Waals surface area contributed by atoms with Gasteiger partial charge in [0.2, 0.25) is 0 Å². The normalized spacial score (nSPS) is 12.2. The van der Waals surface area contributed by atoms with Gasteiger partial charge in [-0.1, -0.05) is 6.07 Å². The largest absolute Gasteiger partial charge is 0.496 e. The molecule has 0 spiro atoms. The van der Waals surface area contributed by atoms with Gasteiger partial charge in [-0.15, -0.1) is 0 Å². The van der Waals surface area contributed by atoms with Gasteiger partial charge in [0.05, 0.1) is 29.4 Å². The lowest BCUT2D eigenvalue weighted by molar-refractivity contribution is 0.407. The van der Waals surface area contributed by atoms with Crippen molar-refractivity contribution in [3.63, 3.8) is 0 Å². The van der Waals surface area contributed by atoms with E-state index in [-0.39, 0.29) is 0 Å². The number of pyridine rings is 1. The molecule has 112 valence electrons. The van der Waals surface area contributed by atoms with Crippen LogP contribution in [-0.4, -0.2) is 16.3 Å². The number of hydrogen-bond acceptors (Lipinski definition) is 4. The Balaban J connectivity index is 2.34. The van der Waals surface area contributed by atoms with Crippen LogP contribution in [0.25, 0.3) is 0 Å². The lowest BCUT2D eigenvalue weighted by Crippen LogP contribution is -2.06. The van der Waals surface area contributed by atoms with Crippen LogP contribution < -0.4 is 10.5 Å². The number of nitrogens with two attached hydrogens (primary N) is 1. The van der Waals surface area contributed by atoms with E-state index in [1.54, 1.807) is 13.3 Å². The molecule has 0 aliphatic rings. The Hall–Kier alpha value is -1.88. The van der Waals surface area contributed by atoms with Crippen molar-refractivity contribution in [2.24, 2.45) is 0 Å². The Morgan fingerprint density at radius 1 is 1.24 bits per heavy atom. The van der Waals surface area contributed by atoms with Crippen molar-refractivity contribution in [2.45, 2.75) is 31.4 Å². The Morgan fingerprint density at radius 2 is 1.95 bits per heavy atom. The third kappa shape index (κ3) is 3.08. The Morgan fingerprint density at radius 3 is 2.62 bits per heavy atom. The number of ether oxygens (including phenoxy) is 1. The number of rotatable bonds is 4. The molecule has 1 unspecified atom stereocenters. The molecule has 0 aliphatic carbocycles. The Labute approximate surface area is 127 Å². The summed E-state index contributed by atoms with van der Waals surface area (Å²) in [6.07, 6.45) is 1.75. The first-order valence-electron chi connectivity index (χ1n) is 6.68. The van der Waals surface area contributed by atoms with Crippen molar-refractivity contribution >= 4 is 16.5 Å². The lowest BCUT2D eigenvalue weighted by atomic mass is 10.1. The van der Waals surface area contributed by atoms with Gasteiger partial charge in [-0.25, -0.2) is 0 Å². The zero-order chi connectivity index (χ0) is 15.6. The van der Waals surface area contributed by atoms with E-state index in [0.29, 0.717) is 11.4 Å². The maximum atomic E-state index is 12.6. The van der Waals surface area contributed by atoms with E-state index in [0.717, 1.165) is 33.0 Å². The molecule has 0 saturated carbocycles. The predicted octanol–water partition coefficient (Wildman–Crippen LogP) is 2.91. The topological polar surface area (TPSA) is 65.2 Å². The van der Waals surface area contributed by atoms with Gasteiger partial charge in [0.1, 0.15) is 5.75 Å². The molecule has 0 amide bonds. The number of benzene rings is 1. The van der Waals surface area contributed by atoms with Gasteiger partial charge < -0.3 is 10.5 Å². The molecule has 1 aromatic heterocycles. The summed E-state index contributed by atoms with van der Waals surface area (Å²) >= 11 is 0. The van der Waals surface area contributed by atoms with E-state index in [4.69, 9.17) is 10.5 Å². The number of aromatic nitrogens is 1. The van der Waals surface area contributed by atoms with E-state index < -0.39 is 10.8 Å². The van der Waals surface area contributed by atoms with E-state index in [1.165, 1.54) is 0 Å². The number of anilines is 1. The highest BCUT2D eigenvalue weighted by atomic mass is 32.2. The van der Waals surface area contributed by atoms with Crippen LogP contribution in [0.15, 0.2) is 29.3 Å². The van der Waals surface area contributed by atoms with Crippen LogP contribution in [0.4, 0.5) is 5.69 Å². The highest BCUT2D eigenvalue weighted by Gasteiger charge is 2.15. The second-order valence-electron chi connectivity index (χ2n) is 5.01. The summed E-state index contributed by atoms with van der Waals surface area (Å²) in [7, 11) is 0.456. The van der Waals surface area contributed by atoms with Gasteiger partial charge in [-0.05, 0) is 38.5 Å². The molecule has 0 saturated heterocycles. The molecule has 0 aliphatic heterocycles. The summed E-state index contributed by atoms with van der Waals surface area (Å²) in [6.45, 7) is 5.78. The first-order valence-corrected chi connectivity index (χ1v) is 8.00. The second-order valence-corrected chi connectivity index (χ2v) is 6.43. The highest BCUT2D eigenvalue weighted by Crippen LogP contribution is 2.27. The SMILES string of the molecule is COc1c(C)cnc(CS(=O)c2cccc(N)c2C)c1C. The molecule has 5 heteroatoms. The van der Waals surface area contributed by atoms with Crippen molar-refractivity contribution in [3.05, 3.63) is 46.8 Å². The predicted molar refractivity (Wildman–Crippen MR) is 86.0 cm³/mol. The number of nitrogens with zero attached hydrogens (tertiary/aromatic N) is 1. The molecule has 2 N–H and O–H groups in total. The third-order valence-corrected chi connectivity index (χ3v) is 5.06. The Kier molecular flexibility index (Phi) is 4.63. The first kappa shape index (κ1) is 15.5. The summed E-state index contributed by atoms with van der Waals surface area (Å²) in [4.78, 5) is 5.16. The average molecular weight is 304 g/mol. The summed E-state index contributed by atoms with van der Waals surface area (Å²) < 4.78 is 18.0. The maximum Gasteiger partial charge on any atom is 0.128 e. The highest BCUT2D eigenvalue weighted by molar-refractivity contribution is 7.84. The standard InChI is InChI=1S/C16H20N2O2S/c1-10-8-18-14(12(3)16(10)20-4)9-21(19)15-7-5-6-13(17)11(15)2/h5-8H,9,17H2,1-4H3. The Bertz CT molecular complexity index is 699. The summed E-state index contributed by atoms with van der Waals surface area (Å²) in [5.41, 5.74) is 10.1. The monoisotopic (exact) mass is 304 g/mol. The molecule has 0 bridgehead atoms. The molecular formula is C16H20N2O2S. The number of nitrogen functional groups attached to an aromatic ring is 1. The fourth-order valence-corrected chi connectivity index (χ4v) is 3.68. The fraction of sp³-hybridized carbons (Fsp3) is 0.312. The minimum absolute atomic E-state index is 0.354. The van der Waals surface area contributed by atoms with Crippen molar-refractivity contribution in [2.75, 3.05) is 12.8 Å². The van der Waals surface area contributed by atoms with E-state index >= 15 is 0 Å². The van der Waals surface area contributed by atoms with Crippen LogP contribution in [0.2, 0.25) is 0 Å². The maximum absolute atomic E-state index is 12.6.